The van der Waals surface area contributed by atoms with E-state index < -0.39 is 0 Å². The van der Waals surface area contributed by atoms with E-state index in [0.717, 1.165) is 12.8 Å². The summed E-state index contributed by atoms with van der Waals surface area (Å²) in [6.45, 7) is 4.06. The second-order valence-electron chi connectivity index (χ2n) is 3.78. The van der Waals surface area contributed by atoms with Crippen LogP contribution in [0.1, 0.15) is 24.3 Å². The van der Waals surface area contributed by atoms with Crippen molar-refractivity contribution in [2.24, 2.45) is 11.5 Å². The second-order valence-corrected chi connectivity index (χ2v) is 4.78. The number of hydrogen-bond acceptors (Lipinski definition) is 3. The second kappa shape index (κ2) is 4.74. The van der Waals surface area contributed by atoms with E-state index in [-0.39, 0.29) is 12.1 Å². The molecule has 4 N–H and O–H groups in total. The summed E-state index contributed by atoms with van der Waals surface area (Å²) in [7, 11) is 0. The highest BCUT2D eigenvalue weighted by atomic mass is 32.1. The van der Waals surface area contributed by atoms with E-state index >= 15 is 0 Å². The molecule has 1 aromatic heterocycles. The standard InChI is InChI=1S/C10H18N2S/c1-7(11)3-9-5-10(13-6-9)4-8(2)12/h5-8H,3-4,11-12H2,1-2H3. The van der Waals surface area contributed by atoms with E-state index in [1.165, 1.54) is 10.4 Å². The van der Waals surface area contributed by atoms with Gasteiger partial charge in [0.2, 0.25) is 0 Å². The molecule has 0 aliphatic rings. The molecule has 0 saturated heterocycles. The minimum absolute atomic E-state index is 0.248. The summed E-state index contributed by atoms with van der Waals surface area (Å²) >= 11 is 1.78. The van der Waals surface area contributed by atoms with Crippen molar-refractivity contribution in [3.63, 3.8) is 0 Å². The molecule has 1 heterocycles. The van der Waals surface area contributed by atoms with Crippen LogP contribution in [-0.4, -0.2) is 12.1 Å². The SMILES string of the molecule is CC(N)Cc1csc(CC(C)N)c1. The molecule has 1 rings (SSSR count). The van der Waals surface area contributed by atoms with E-state index in [2.05, 4.69) is 11.4 Å². The molecule has 0 radical (unpaired) electrons. The van der Waals surface area contributed by atoms with Crippen LogP contribution in [0.5, 0.6) is 0 Å². The summed E-state index contributed by atoms with van der Waals surface area (Å²) in [4.78, 5) is 1.37. The van der Waals surface area contributed by atoms with Crippen LogP contribution in [0.3, 0.4) is 0 Å². The first-order valence-corrected chi connectivity index (χ1v) is 5.53. The van der Waals surface area contributed by atoms with Crippen molar-refractivity contribution in [3.8, 4) is 0 Å². The third-order valence-electron chi connectivity index (χ3n) is 1.79. The highest BCUT2D eigenvalue weighted by molar-refractivity contribution is 7.10. The fraction of sp³-hybridized carbons (Fsp3) is 0.600. The van der Waals surface area contributed by atoms with Gasteiger partial charge in [-0.05, 0) is 43.7 Å². The topological polar surface area (TPSA) is 52.0 Å². The molecule has 0 aromatic carbocycles. The maximum absolute atomic E-state index is 5.72. The van der Waals surface area contributed by atoms with Crippen LogP contribution in [0.2, 0.25) is 0 Å². The molecule has 2 nitrogen and oxygen atoms in total. The van der Waals surface area contributed by atoms with Crippen LogP contribution in [-0.2, 0) is 12.8 Å². The lowest BCUT2D eigenvalue weighted by atomic mass is 10.1. The molecule has 1 aromatic rings. The monoisotopic (exact) mass is 198 g/mol. The highest BCUT2D eigenvalue weighted by Gasteiger charge is 2.04. The van der Waals surface area contributed by atoms with Gasteiger partial charge in [-0.3, -0.25) is 0 Å². The largest absolute Gasteiger partial charge is 0.328 e. The van der Waals surface area contributed by atoms with Gasteiger partial charge in [0.25, 0.3) is 0 Å². The van der Waals surface area contributed by atoms with Crippen LogP contribution in [0, 0.1) is 0 Å². The van der Waals surface area contributed by atoms with E-state index in [1.54, 1.807) is 11.3 Å². The van der Waals surface area contributed by atoms with Gasteiger partial charge >= 0.3 is 0 Å². The third kappa shape index (κ3) is 3.89. The average Bonchev–Trinajstić information content (AvgIpc) is 2.33. The highest BCUT2D eigenvalue weighted by Crippen LogP contribution is 2.17. The van der Waals surface area contributed by atoms with Crippen molar-refractivity contribution in [1.82, 2.24) is 0 Å². The molecule has 3 heteroatoms. The van der Waals surface area contributed by atoms with E-state index in [0.29, 0.717) is 0 Å². The fourth-order valence-corrected chi connectivity index (χ4v) is 2.37. The molecule has 0 saturated carbocycles. The third-order valence-corrected chi connectivity index (χ3v) is 2.80. The van der Waals surface area contributed by atoms with Crippen molar-refractivity contribution in [1.29, 1.82) is 0 Å². The first-order valence-electron chi connectivity index (χ1n) is 4.65. The quantitative estimate of drug-likeness (QED) is 0.771. The summed E-state index contributed by atoms with van der Waals surface area (Å²) in [5, 5.41) is 2.18. The Morgan fingerprint density at radius 3 is 2.38 bits per heavy atom. The fourth-order valence-electron chi connectivity index (χ4n) is 1.33. The molecule has 13 heavy (non-hydrogen) atoms. The molecular weight excluding hydrogens is 180 g/mol. The predicted octanol–water partition coefficient (Wildman–Crippen LogP) is 1.53. The lowest BCUT2D eigenvalue weighted by Crippen LogP contribution is -2.18. The van der Waals surface area contributed by atoms with Gasteiger partial charge in [-0.15, -0.1) is 11.3 Å². The molecule has 0 spiro atoms. The number of nitrogens with two attached hydrogens (primary N) is 2. The summed E-state index contributed by atoms with van der Waals surface area (Å²) in [6, 6.07) is 2.72. The molecule has 0 amide bonds. The van der Waals surface area contributed by atoms with Crippen molar-refractivity contribution in [2.45, 2.75) is 38.8 Å². The van der Waals surface area contributed by atoms with Gasteiger partial charge < -0.3 is 11.5 Å². The van der Waals surface area contributed by atoms with E-state index in [9.17, 15) is 0 Å². The maximum atomic E-state index is 5.72. The van der Waals surface area contributed by atoms with Crippen LogP contribution < -0.4 is 11.5 Å². The zero-order valence-corrected chi connectivity index (χ0v) is 9.10. The van der Waals surface area contributed by atoms with Crippen molar-refractivity contribution in [3.05, 3.63) is 21.9 Å². The minimum Gasteiger partial charge on any atom is -0.328 e. The van der Waals surface area contributed by atoms with E-state index in [1.807, 2.05) is 13.8 Å². The lowest BCUT2D eigenvalue weighted by molar-refractivity contribution is 0.733. The van der Waals surface area contributed by atoms with Crippen LogP contribution in [0.15, 0.2) is 11.4 Å². The number of hydrogen-bond donors (Lipinski definition) is 2. The molecule has 0 aliphatic carbocycles. The van der Waals surface area contributed by atoms with Crippen molar-refractivity contribution >= 4 is 11.3 Å². The van der Waals surface area contributed by atoms with Gasteiger partial charge in [-0.1, -0.05) is 0 Å². The molecule has 0 fully saturated rings. The molecule has 2 unspecified atom stereocenters. The predicted molar refractivity (Wildman–Crippen MR) is 59.0 cm³/mol. The first kappa shape index (κ1) is 10.7. The Kier molecular flexibility index (Phi) is 3.90. The average molecular weight is 198 g/mol. The van der Waals surface area contributed by atoms with E-state index in [4.69, 9.17) is 11.5 Å². The van der Waals surface area contributed by atoms with Crippen LogP contribution in [0.4, 0.5) is 0 Å². The van der Waals surface area contributed by atoms with Gasteiger partial charge in [0.05, 0.1) is 0 Å². The Morgan fingerprint density at radius 1 is 1.23 bits per heavy atom. The summed E-state index contributed by atoms with van der Waals surface area (Å²) in [5.74, 6) is 0. The van der Waals surface area contributed by atoms with Crippen molar-refractivity contribution < 1.29 is 0 Å². The first-order chi connectivity index (χ1) is 6.08. The zero-order valence-electron chi connectivity index (χ0n) is 8.29. The Morgan fingerprint density at radius 2 is 1.85 bits per heavy atom. The smallest absolute Gasteiger partial charge is 0.00633 e. The number of thiophene rings is 1. The van der Waals surface area contributed by atoms with Gasteiger partial charge in [0.15, 0.2) is 0 Å². The van der Waals surface area contributed by atoms with Crippen LogP contribution in [0.25, 0.3) is 0 Å². The molecular formula is C10H18N2S. The molecule has 0 bridgehead atoms. The summed E-state index contributed by atoms with van der Waals surface area (Å²) in [6.07, 6.45) is 1.94. The molecule has 0 aliphatic heterocycles. The van der Waals surface area contributed by atoms with Crippen LogP contribution >= 0.6 is 11.3 Å². The van der Waals surface area contributed by atoms with Gasteiger partial charge in [0.1, 0.15) is 0 Å². The summed E-state index contributed by atoms with van der Waals surface area (Å²) in [5.41, 5.74) is 12.8. The zero-order chi connectivity index (χ0) is 9.84. The normalized spacial score (nSPS) is 15.7. The van der Waals surface area contributed by atoms with Gasteiger partial charge in [-0.2, -0.15) is 0 Å². The Balaban J connectivity index is 2.53. The Bertz CT molecular complexity index is 229. The summed E-state index contributed by atoms with van der Waals surface area (Å²) < 4.78 is 0. The van der Waals surface area contributed by atoms with Gasteiger partial charge in [0, 0.05) is 17.0 Å². The molecule has 74 valence electrons. The minimum atomic E-state index is 0.248. The van der Waals surface area contributed by atoms with Crippen molar-refractivity contribution in [2.75, 3.05) is 0 Å². The Labute approximate surface area is 83.9 Å². The maximum Gasteiger partial charge on any atom is 0.00633 e. The van der Waals surface area contributed by atoms with Gasteiger partial charge in [-0.25, -0.2) is 0 Å². The molecule has 2 atom stereocenters. The number of rotatable bonds is 4. The Hall–Kier alpha value is -0.380. The lowest BCUT2D eigenvalue weighted by Gasteiger charge is -2.02.